The number of cyclic esters (lactones) is 1. The second-order valence-corrected chi connectivity index (χ2v) is 11.1. The number of nitrogens with zero attached hydrogens (tertiary/aromatic N) is 1. The summed E-state index contributed by atoms with van der Waals surface area (Å²) in [5.74, 6) is -1.04. The van der Waals surface area contributed by atoms with Gasteiger partial charge in [-0.15, -0.1) is 0 Å². The van der Waals surface area contributed by atoms with Crippen molar-refractivity contribution >= 4 is 23.7 Å². The standard InChI is InChI=1S/C29H35NO8/c1-18-4-12-24-28(2,15-14-25(32)29(24,3)17-31)22(18)11-10-21-23(16-37-27(21)34)38-26(33)13-7-19-5-8-20(9-6-19)30(35)36/h5-10,13,22-25,31-32H,1,4,11-12,14-17H2,2-3H3/t22-,23?,24?,25-,28+,29+/m1/s1. The Balaban J connectivity index is 1.46. The van der Waals surface area contributed by atoms with Crippen LogP contribution in [0.3, 0.4) is 0 Å². The Kier molecular flexibility index (Phi) is 7.90. The number of carbonyl (C=O) groups is 2. The molecule has 9 nitrogen and oxygen atoms in total. The molecule has 1 aromatic carbocycles. The molecule has 204 valence electrons. The zero-order chi connectivity index (χ0) is 27.7. The number of hydrogen-bond acceptors (Lipinski definition) is 8. The van der Waals surface area contributed by atoms with Crippen molar-refractivity contribution in [3.8, 4) is 0 Å². The molecule has 2 saturated carbocycles. The number of fused-ring (bicyclic) bond motifs is 1. The van der Waals surface area contributed by atoms with Crippen LogP contribution in [0.1, 0.15) is 51.5 Å². The first kappa shape index (κ1) is 27.7. The second-order valence-electron chi connectivity index (χ2n) is 11.1. The fourth-order valence-corrected chi connectivity index (χ4v) is 6.70. The molecule has 0 aromatic heterocycles. The quantitative estimate of drug-likeness (QED) is 0.178. The molecule has 2 N–H and O–H groups in total. The predicted molar refractivity (Wildman–Crippen MR) is 140 cm³/mol. The molecule has 3 fully saturated rings. The van der Waals surface area contributed by atoms with E-state index in [-0.39, 0.29) is 36.2 Å². The van der Waals surface area contributed by atoms with E-state index < -0.39 is 34.5 Å². The van der Waals surface area contributed by atoms with Crippen molar-refractivity contribution in [1.82, 2.24) is 0 Å². The van der Waals surface area contributed by atoms with Crippen molar-refractivity contribution in [3.05, 3.63) is 69.8 Å². The Morgan fingerprint density at radius 2 is 2.00 bits per heavy atom. The normalized spacial score (nSPS) is 34.3. The van der Waals surface area contributed by atoms with Crippen molar-refractivity contribution in [2.45, 2.75) is 58.2 Å². The number of benzene rings is 1. The van der Waals surface area contributed by atoms with Crippen LogP contribution < -0.4 is 0 Å². The topological polar surface area (TPSA) is 136 Å². The van der Waals surface area contributed by atoms with Gasteiger partial charge in [-0.2, -0.15) is 0 Å². The molecule has 1 aliphatic heterocycles. The molecule has 2 unspecified atom stereocenters. The third kappa shape index (κ3) is 5.17. The number of nitro benzene ring substituents is 1. The minimum absolute atomic E-state index is 0.0407. The van der Waals surface area contributed by atoms with Crippen LogP contribution in [0.15, 0.2) is 54.1 Å². The molecule has 1 saturated heterocycles. The van der Waals surface area contributed by atoms with Crippen LogP contribution in [0.4, 0.5) is 5.69 Å². The van der Waals surface area contributed by atoms with E-state index in [2.05, 4.69) is 13.5 Å². The number of aliphatic hydroxyl groups is 2. The molecule has 38 heavy (non-hydrogen) atoms. The molecule has 3 aliphatic rings. The first-order chi connectivity index (χ1) is 18.0. The molecule has 6 atom stereocenters. The summed E-state index contributed by atoms with van der Waals surface area (Å²) in [6.45, 7) is 8.31. The fourth-order valence-electron chi connectivity index (χ4n) is 6.70. The largest absolute Gasteiger partial charge is 0.458 e. The summed E-state index contributed by atoms with van der Waals surface area (Å²) < 4.78 is 10.7. The van der Waals surface area contributed by atoms with Crippen LogP contribution in [0.2, 0.25) is 0 Å². The molecule has 0 radical (unpaired) electrons. The molecule has 1 aromatic rings. The molecule has 2 aliphatic carbocycles. The maximum atomic E-state index is 12.5. The smallest absolute Gasteiger partial charge is 0.337 e. The first-order valence-corrected chi connectivity index (χ1v) is 13.0. The van der Waals surface area contributed by atoms with Crippen LogP contribution in [0.25, 0.3) is 6.08 Å². The summed E-state index contributed by atoms with van der Waals surface area (Å²) in [6.07, 6.45) is 6.60. The lowest BCUT2D eigenvalue weighted by molar-refractivity contribution is -0.384. The van der Waals surface area contributed by atoms with Gasteiger partial charge in [-0.3, -0.25) is 10.1 Å². The van der Waals surface area contributed by atoms with Crippen molar-refractivity contribution in [2.24, 2.45) is 22.7 Å². The Bertz CT molecular complexity index is 1170. The van der Waals surface area contributed by atoms with E-state index in [4.69, 9.17) is 9.47 Å². The number of allylic oxidation sites excluding steroid dienone is 2. The lowest BCUT2D eigenvalue weighted by Gasteiger charge is -2.59. The highest BCUT2D eigenvalue weighted by Gasteiger charge is 2.57. The zero-order valence-corrected chi connectivity index (χ0v) is 21.8. The number of nitro groups is 1. The van der Waals surface area contributed by atoms with E-state index in [0.29, 0.717) is 24.0 Å². The van der Waals surface area contributed by atoms with Gasteiger partial charge in [-0.1, -0.05) is 32.1 Å². The summed E-state index contributed by atoms with van der Waals surface area (Å²) in [7, 11) is 0. The monoisotopic (exact) mass is 525 g/mol. The predicted octanol–water partition coefficient (Wildman–Crippen LogP) is 4.14. The maximum absolute atomic E-state index is 12.5. The van der Waals surface area contributed by atoms with Gasteiger partial charge in [-0.05, 0) is 73.1 Å². The van der Waals surface area contributed by atoms with E-state index in [1.54, 1.807) is 6.08 Å². The number of non-ortho nitro benzene ring substituents is 1. The first-order valence-electron chi connectivity index (χ1n) is 13.0. The molecular formula is C29H35NO8. The lowest BCUT2D eigenvalue weighted by Crippen LogP contribution is -2.57. The van der Waals surface area contributed by atoms with Gasteiger partial charge in [0.05, 0.1) is 23.2 Å². The third-order valence-corrected chi connectivity index (χ3v) is 8.99. The molecule has 0 spiro atoms. The summed E-state index contributed by atoms with van der Waals surface area (Å²) in [6, 6.07) is 5.73. The van der Waals surface area contributed by atoms with Gasteiger partial charge in [0.15, 0.2) is 6.10 Å². The minimum atomic E-state index is -0.840. The van der Waals surface area contributed by atoms with E-state index >= 15 is 0 Å². The van der Waals surface area contributed by atoms with Crippen molar-refractivity contribution in [2.75, 3.05) is 13.2 Å². The van der Waals surface area contributed by atoms with E-state index in [0.717, 1.165) is 24.8 Å². The molecule has 9 heteroatoms. The van der Waals surface area contributed by atoms with E-state index in [9.17, 15) is 29.9 Å². The van der Waals surface area contributed by atoms with Gasteiger partial charge in [0.2, 0.25) is 0 Å². The number of carbonyl (C=O) groups excluding carboxylic acids is 2. The fraction of sp³-hybridized carbons (Fsp3) is 0.517. The van der Waals surface area contributed by atoms with E-state index in [1.165, 1.54) is 36.4 Å². The maximum Gasteiger partial charge on any atom is 0.337 e. The number of rotatable bonds is 7. The number of aliphatic hydroxyl groups excluding tert-OH is 2. The van der Waals surface area contributed by atoms with E-state index in [1.807, 2.05) is 6.92 Å². The van der Waals surface area contributed by atoms with Gasteiger partial charge < -0.3 is 19.7 Å². The Morgan fingerprint density at radius 3 is 2.66 bits per heavy atom. The van der Waals surface area contributed by atoms with Crippen molar-refractivity contribution in [1.29, 1.82) is 0 Å². The molecule has 1 heterocycles. The average molecular weight is 526 g/mol. The van der Waals surface area contributed by atoms with Gasteiger partial charge in [-0.25, -0.2) is 9.59 Å². The van der Waals surface area contributed by atoms with Gasteiger partial charge in [0.1, 0.15) is 6.61 Å². The van der Waals surface area contributed by atoms with Crippen LogP contribution in [0, 0.1) is 32.8 Å². The molecule has 0 amide bonds. The summed E-state index contributed by atoms with van der Waals surface area (Å²) in [5, 5.41) is 31.7. The highest BCUT2D eigenvalue weighted by atomic mass is 16.6. The number of esters is 2. The molecule has 4 rings (SSSR count). The molecule has 0 bridgehead atoms. The van der Waals surface area contributed by atoms with Crippen molar-refractivity contribution in [3.63, 3.8) is 0 Å². The van der Waals surface area contributed by atoms with Crippen LogP contribution in [-0.2, 0) is 19.1 Å². The lowest BCUT2D eigenvalue weighted by atomic mass is 9.46. The van der Waals surface area contributed by atoms with Gasteiger partial charge in [0, 0.05) is 23.6 Å². The Hall–Kier alpha value is -3.30. The summed E-state index contributed by atoms with van der Waals surface area (Å²) >= 11 is 0. The Morgan fingerprint density at radius 1 is 1.29 bits per heavy atom. The number of ether oxygens (including phenoxy) is 2. The zero-order valence-electron chi connectivity index (χ0n) is 21.8. The average Bonchev–Trinajstić information content (AvgIpc) is 3.23. The van der Waals surface area contributed by atoms with Crippen LogP contribution in [-0.4, -0.2) is 52.5 Å². The highest BCUT2D eigenvalue weighted by Crippen LogP contribution is 2.61. The highest BCUT2D eigenvalue weighted by molar-refractivity contribution is 5.93. The van der Waals surface area contributed by atoms with Gasteiger partial charge >= 0.3 is 11.9 Å². The number of hydrogen-bond donors (Lipinski definition) is 2. The summed E-state index contributed by atoms with van der Waals surface area (Å²) in [5.41, 5.74) is 1.12. The molecular weight excluding hydrogens is 490 g/mol. The summed E-state index contributed by atoms with van der Waals surface area (Å²) in [4.78, 5) is 35.2. The minimum Gasteiger partial charge on any atom is -0.458 e. The van der Waals surface area contributed by atoms with Crippen LogP contribution in [0.5, 0.6) is 0 Å². The van der Waals surface area contributed by atoms with Crippen LogP contribution >= 0.6 is 0 Å². The SMILES string of the molecule is C=C1CCC2[C@](C)(CO)[C@H](O)CC[C@@]2(C)[C@@H]1CC=C1C(=O)OCC1OC(=O)C=Cc1ccc([N+](=O)[O-])cc1. The third-order valence-electron chi connectivity index (χ3n) is 8.99. The van der Waals surface area contributed by atoms with Crippen molar-refractivity contribution < 1.29 is 34.2 Å². The second kappa shape index (κ2) is 10.8. The van der Waals surface area contributed by atoms with Gasteiger partial charge in [0.25, 0.3) is 5.69 Å². The Labute approximate surface area is 222 Å².